The molecule has 4 aromatic rings. The van der Waals surface area contributed by atoms with Gasteiger partial charge in [0.25, 0.3) is 0 Å². The summed E-state index contributed by atoms with van der Waals surface area (Å²) in [6.07, 6.45) is 0. The molecule has 1 aliphatic rings. The monoisotopic (exact) mass is 498 g/mol. The summed E-state index contributed by atoms with van der Waals surface area (Å²) < 4.78 is 5.24. The summed E-state index contributed by atoms with van der Waals surface area (Å²) in [5.74, 6) is 0.819. The lowest BCUT2D eigenvalue weighted by Gasteiger charge is -2.36. The minimum atomic E-state index is -0.218. The number of fused-ring (bicyclic) bond motifs is 2. The van der Waals surface area contributed by atoms with Gasteiger partial charge in [0.15, 0.2) is 0 Å². The van der Waals surface area contributed by atoms with E-state index in [1.807, 2.05) is 36.0 Å². The molecule has 4 aromatic carbocycles. The summed E-state index contributed by atoms with van der Waals surface area (Å²) in [4.78, 5) is 2.67. The maximum Gasteiger partial charge on any atom is 0.118 e. The van der Waals surface area contributed by atoms with E-state index in [2.05, 4.69) is 80.6 Å². The highest BCUT2D eigenvalue weighted by molar-refractivity contribution is 7.99. The third-order valence-electron chi connectivity index (χ3n) is 6.72. The van der Waals surface area contributed by atoms with Crippen molar-refractivity contribution >= 4 is 23.5 Å². The molecule has 4 N–H and O–H groups in total. The summed E-state index contributed by atoms with van der Waals surface area (Å²) in [7, 11) is 1.66. The summed E-state index contributed by atoms with van der Waals surface area (Å²) in [5, 5.41) is -0.431. The van der Waals surface area contributed by atoms with Crippen LogP contribution in [0.4, 0.5) is 0 Å². The molecule has 0 aromatic heterocycles. The van der Waals surface area contributed by atoms with Gasteiger partial charge < -0.3 is 16.2 Å². The predicted molar refractivity (Wildman–Crippen MR) is 149 cm³/mol. The van der Waals surface area contributed by atoms with E-state index in [4.69, 9.17) is 16.2 Å². The third-order valence-corrected chi connectivity index (χ3v) is 8.99. The zero-order valence-electron chi connectivity index (χ0n) is 20.2. The van der Waals surface area contributed by atoms with Crippen molar-refractivity contribution in [2.75, 3.05) is 7.11 Å². The van der Waals surface area contributed by atoms with E-state index in [1.54, 1.807) is 18.9 Å². The fourth-order valence-electron chi connectivity index (χ4n) is 4.79. The first-order valence-electron chi connectivity index (χ1n) is 11.7. The van der Waals surface area contributed by atoms with E-state index in [9.17, 15) is 0 Å². The Hall–Kier alpha value is -2.70. The molecule has 0 saturated carbocycles. The van der Waals surface area contributed by atoms with Crippen LogP contribution in [0.15, 0.2) is 101 Å². The standard InChI is InChI=1S/C30H30N2OS2/c1-30(2)24-8-4-5-9-25(24)34-26-10-6-7-23(27(26)30)19-11-13-20(14-12-19)28(31)35-29(32)21-15-17-22(33-3)18-16-21/h4-18,28-29H,31-32H2,1-3H3. The molecule has 0 radical (unpaired) electrons. The SMILES string of the molecule is COc1ccc(C(N)SC(N)c2ccc(-c3cccc4c3C(C)(C)c3ccccc3S4)cc2)cc1. The predicted octanol–water partition coefficient (Wildman–Crippen LogP) is 7.50. The molecule has 0 spiro atoms. The summed E-state index contributed by atoms with van der Waals surface area (Å²) in [5.41, 5.74) is 20.2. The molecule has 178 valence electrons. The summed E-state index contributed by atoms with van der Waals surface area (Å²) in [6.45, 7) is 4.66. The van der Waals surface area contributed by atoms with Crippen molar-refractivity contribution < 1.29 is 4.74 Å². The van der Waals surface area contributed by atoms with Gasteiger partial charge in [-0.05, 0) is 57.6 Å². The van der Waals surface area contributed by atoms with Gasteiger partial charge in [-0.15, -0.1) is 11.8 Å². The van der Waals surface area contributed by atoms with E-state index in [1.165, 1.54) is 32.0 Å². The van der Waals surface area contributed by atoms with E-state index >= 15 is 0 Å². The van der Waals surface area contributed by atoms with Crippen LogP contribution < -0.4 is 16.2 Å². The van der Waals surface area contributed by atoms with Crippen LogP contribution in [0.2, 0.25) is 0 Å². The fourth-order valence-corrected chi connectivity index (χ4v) is 7.16. The van der Waals surface area contributed by atoms with Crippen LogP contribution in [0.1, 0.15) is 46.8 Å². The maximum atomic E-state index is 6.54. The first kappa shape index (κ1) is 24.0. The molecule has 0 aliphatic carbocycles. The van der Waals surface area contributed by atoms with Crippen LogP contribution in [0.25, 0.3) is 11.1 Å². The van der Waals surface area contributed by atoms with E-state index < -0.39 is 0 Å². The zero-order chi connectivity index (χ0) is 24.6. The van der Waals surface area contributed by atoms with Gasteiger partial charge in [0.1, 0.15) is 5.75 Å². The average Bonchev–Trinajstić information content (AvgIpc) is 2.88. The lowest BCUT2D eigenvalue weighted by atomic mass is 9.74. The van der Waals surface area contributed by atoms with Gasteiger partial charge in [-0.3, -0.25) is 0 Å². The minimum absolute atomic E-state index is 0.0795. The number of hydrogen-bond acceptors (Lipinski definition) is 5. The molecular weight excluding hydrogens is 468 g/mol. The Morgan fingerprint density at radius 2 is 1.34 bits per heavy atom. The molecule has 5 rings (SSSR count). The molecule has 5 heteroatoms. The van der Waals surface area contributed by atoms with Crippen molar-refractivity contribution in [1.29, 1.82) is 0 Å². The molecule has 2 atom stereocenters. The lowest BCUT2D eigenvalue weighted by Crippen LogP contribution is -2.24. The van der Waals surface area contributed by atoms with Gasteiger partial charge in [-0.1, -0.05) is 92.3 Å². The van der Waals surface area contributed by atoms with Crippen LogP contribution in [-0.4, -0.2) is 7.11 Å². The molecular formula is C30H30N2OS2. The molecule has 35 heavy (non-hydrogen) atoms. The summed E-state index contributed by atoms with van der Waals surface area (Å²) in [6, 6.07) is 31.8. The second-order valence-electron chi connectivity index (χ2n) is 9.27. The highest BCUT2D eigenvalue weighted by Crippen LogP contribution is 2.52. The van der Waals surface area contributed by atoms with E-state index in [-0.39, 0.29) is 16.2 Å². The number of hydrogen-bond donors (Lipinski definition) is 2. The van der Waals surface area contributed by atoms with Crippen LogP contribution in [-0.2, 0) is 5.41 Å². The van der Waals surface area contributed by atoms with Crippen LogP contribution >= 0.6 is 23.5 Å². The van der Waals surface area contributed by atoms with Crippen molar-refractivity contribution in [2.45, 2.75) is 39.8 Å². The Kier molecular flexibility index (Phi) is 6.69. The minimum Gasteiger partial charge on any atom is -0.497 e. The second-order valence-corrected chi connectivity index (χ2v) is 11.6. The van der Waals surface area contributed by atoms with Gasteiger partial charge >= 0.3 is 0 Å². The topological polar surface area (TPSA) is 61.3 Å². The molecule has 1 aliphatic heterocycles. The number of methoxy groups -OCH3 is 1. The van der Waals surface area contributed by atoms with Crippen LogP contribution in [0, 0.1) is 0 Å². The molecule has 0 saturated heterocycles. The zero-order valence-corrected chi connectivity index (χ0v) is 21.8. The number of thioether (sulfide) groups is 1. The van der Waals surface area contributed by atoms with Crippen LogP contribution in [0.5, 0.6) is 5.75 Å². The van der Waals surface area contributed by atoms with Crippen molar-refractivity contribution in [3.8, 4) is 16.9 Å². The van der Waals surface area contributed by atoms with Crippen molar-refractivity contribution in [3.63, 3.8) is 0 Å². The lowest BCUT2D eigenvalue weighted by molar-refractivity contribution is 0.414. The largest absolute Gasteiger partial charge is 0.497 e. The Labute approximate surface area is 216 Å². The molecule has 2 unspecified atom stereocenters. The van der Waals surface area contributed by atoms with Gasteiger partial charge in [0.05, 0.1) is 17.9 Å². The fraction of sp³-hybridized carbons (Fsp3) is 0.200. The quantitative estimate of drug-likeness (QED) is 0.270. The van der Waals surface area contributed by atoms with Gasteiger partial charge in [0.2, 0.25) is 0 Å². The molecule has 3 nitrogen and oxygen atoms in total. The molecule has 1 heterocycles. The van der Waals surface area contributed by atoms with Crippen molar-refractivity contribution in [3.05, 3.63) is 113 Å². The molecule has 0 amide bonds. The van der Waals surface area contributed by atoms with Gasteiger partial charge in [-0.2, -0.15) is 0 Å². The number of ether oxygens (including phenoxy) is 1. The smallest absolute Gasteiger partial charge is 0.118 e. The van der Waals surface area contributed by atoms with Crippen molar-refractivity contribution in [1.82, 2.24) is 0 Å². The van der Waals surface area contributed by atoms with Gasteiger partial charge in [-0.25, -0.2) is 0 Å². The molecule has 0 bridgehead atoms. The highest BCUT2D eigenvalue weighted by Gasteiger charge is 2.35. The average molecular weight is 499 g/mol. The van der Waals surface area contributed by atoms with Crippen molar-refractivity contribution in [2.24, 2.45) is 11.5 Å². The Bertz CT molecular complexity index is 1330. The Morgan fingerprint density at radius 1 is 0.743 bits per heavy atom. The molecule has 0 fully saturated rings. The number of benzene rings is 4. The normalized spacial score (nSPS) is 15.6. The number of nitrogens with two attached hydrogens (primary N) is 2. The van der Waals surface area contributed by atoms with E-state index in [0.717, 1.165) is 16.9 Å². The first-order chi connectivity index (χ1) is 16.9. The second kappa shape index (κ2) is 9.75. The van der Waals surface area contributed by atoms with Crippen LogP contribution in [0.3, 0.4) is 0 Å². The number of rotatable bonds is 6. The van der Waals surface area contributed by atoms with Gasteiger partial charge in [0, 0.05) is 15.2 Å². The van der Waals surface area contributed by atoms with E-state index in [0.29, 0.717) is 0 Å². The maximum absolute atomic E-state index is 6.54. The first-order valence-corrected chi connectivity index (χ1v) is 13.5. The highest BCUT2D eigenvalue weighted by atomic mass is 32.2. The Morgan fingerprint density at radius 3 is 2.00 bits per heavy atom. The Balaban J connectivity index is 1.39. The summed E-state index contributed by atoms with van der Waals surface area (Å²) >= 11 is 3.41. The third kappa shape index (κ3) is 4.62.